The smallest absolute Gasteiger partial charge is 0.550 e. The van der Waals surface area contributed by atoms with Crippen molar-refractivity contribution in [2.45, 2.75) is 12.5 Å². The number of aliphatic carboxylic acids is 2. The molecule has 0 amide bonds. The molecular formula is C4H5AgNO4. The Morgan fingerprint density at radius 3 is 1.90 bits per heavy atom. The molecule has 10 heavy (non-hydrogen) atoms. The Balaban J connectivity index is 0. The zero-order chi connectivity index (χ0) is 7.44. The second kappa shape index (κ2) is 5.43. The molecule has 0 aromatic heterocycles. The number of carbonyl (C=O) groups excluding carboxylic acids is 2. The summed E-state index contributed by atoms with van der Waals surface area (Å²) in [5.41, 5.74) is 4.73. The van der Waals surface area contributed by atoms with Crippen LogP contribution in [0.5, 0.6) is 0 Å². The van der Waals surface area contributed by atoms with Gasteiger partial charge in [-0.1, -0.05) is 0 Å². The van der Waals surface area contributed by atoms with Gasteiger partial charge < -0.3 is 25.5 Å². The Kier molecular flexibility index (Phi) is 6.69. The van der Waals surface area contributed by atoms with Crippen LogP contribution in [-0.4, -0.2) is 18.0 Å². The average molecular weight is 239 g/mol. The maximum Gasteiger partial charge on any atom is 2.00 e. The van der Waals surface area contributed by atoms with E-state index in [2.05, 4.69) is 0 Å². The van der Waals surface area contributed by atoms with E-state index in [0.29, 0.717) is 0 Å². The Morgan fingerprint density at radius 2 is 1.80 bits per heavy atom. The van der Waals surface area contributed by atoms with Crippen LogP contribution in [0.25, 0.3) is 0 Å². The van der Waals surface area contributed by atoms with Crippen molar-refractivity contribution < 1.29 is 42.2 Å². The van der Waals surface area contributed by atoms with Crippen molar-refractivity contribution >= 4 is 11.9 Å². The van der Waals surface area contributed by atoms with E-state index in [1.54, 1.807) is 0 Å². The standard InChI is InChI=1S/C4H7NO4.Ag/c5-2(4(8)9)1-3(6)7;/h2H,1,5H2,(H,6,7)(H,8,9);/q;+2/p-2/t2-;/m0./s1. The molecule has 0 bridgehead atoms. The first kappa shape index (κ1) is 12.3. The molecule has 0 aliphatic heterocycles. The number of carbonyl (C=O) groups is 2. The summed E-state index contributed by atoms with van der Waals surface area (Å²) in [4.78, 5) is 19.3. The Bertz CT molecular complexity index is 137. The number of rotatable bonds is 3. The predicted molar refractivity (Wildman–Crippen MR) is 22.6 cm³/mol. The molecule has 0 aliphatic carbocycles. The molecule has 0 fully saturated rings. The van der Waals surface area contributed by atoms with Gasteiger partial charge in [-0.2, -0.15) is 0 Å². The van der Waals surface area contributed by atoms with E-state index in [-0.39, 0.29) is 22.4 Å². The number of nitrogens with two attached hydrogens (primary N) is 1. The fourth-order valence-electron chi connectivity index (χ4n) is 0.263. The second-order valence-electron chi connectivity index (χ2n) is 1.50. The molecule has 0 saturated carbocycles. The van der Waals surface area contributed by atoms with Gasteiger partial charge in [-0.05, 0) is 0 Å². The Morgan fingerprint density at radius 1 is 1.40 bits per heavy atom. The van der Waals surface area contributed by atoms with E-state index in [0.717, 1.165) is 0 Å². The molecule has 0 aromatic carbocycles. The molecule has 0 heterocycles. The van der Waals surface area contributed by atoms with Crippen molar-refractivity contribution in [3.63, 3.8) is 0 Å². The molecule has 5 nitrogen and oxygen atoms in total. The van der Waals surface area contributed by atoms with Gasteiger partial charge in [0, 0.05) is 18.4 Å². The fraction of sp³-hybridized carbons (Fsp3) is 0.500. The van der Waals surface area contributed by atoms with E-state index >= 15 is 0 Å². The van der Waals surface area contributed by atoms with Crippen molar-refractivity contribution in [1.29, 1.82) is 0 Å². The van der Waals surface area contributed by atoms with Gasteiger partial charge in [0.05, 0.1) is 5.97 Å². The molecule has 6 heteroatoms. The molecule has 2 N–H and O–H groups in total. The summed E-state index contributed by atoms with van der Waals surface area (Å²) in [6.45, 7) is 0. The zero-order valence-corrected chi connectivity index (χ0v) is 6.28. The molecule has 1 atom stereocenters. The molecule has 0 saturated heterocycles. The van der Waals surface area contributed by atoms with Gasteiger partial charge in [0.25, 0.3) is 0 Å². The largest absolute Gasteiger partial charge is 2.00 e. The number of carboxylic acids is 2. The van der Waals surface area contributed by atoms with Gasteiger partial charge in [0.1, 0.15) is 0 Å². The van der Waals surface area contributed by atoms with Crippen molar-refractivity contribution in [3.8, 4) is 0 Å². The minimum Gasteiger partial charge on any atom is -0.550 e. The Labute approximate surface area is 72.7 Å². The van der Waals surface area contributed by atoms with Crippen LogP contribution in [0.3, 0.4) is 0 Å². The summed E-state index contributed by atoms with van der Waals surface area (Å²) in [5, 5.41) is 19.3. The van der Waals surface area contributed by atoms with Gasteiger partial charge in [0.2, 0.25) is 0 Å². The molecule has 0 unspecified atom stereocenters. The first-order chi connectivity index (χ1) is 4.04. The topological polar surface area (TPSA) is 106 Å². The summed E-state index contributed by atoms with van der Waals surface area (Å²) < 4.78 is 0. The number of hydrogen-bond donors (Lipinski definition) is 1. The van der Waals surface area contributed by atoms with Gasteiger partial charge in [-0.25, -0.2) is 0 Å². The van der Waals surface area contributed by atoms with Crippen LogP contribution in [-0.2, 0) is 32.0 Å². The maximum atomic E-state index is 9.71. The van der Waals surface area contributed by atoms with Gasteiger partial charge in [-0.3, -0.25) is 0 Å². The summed E-state index contributed by atoms with van der Waals surface area (Å²) in [7, 11) is 0. The van der Waals surface area contributed by atoms with E-state index in [4.69, 9.17) is 5.73 Å². The number of carboxylic acid groups (broad SMARTS) is 2. The summed E-state index contributed by atoms with van der Waals surface area (Å²) in [6.07, 6.45) is -0.706. The summed E-state index contributed by atoms with van der Waals surface area (Å²) in [6, 6.07) is -1.46. The molecular weight excluding hydrogens is 234 g/mol. The summed E-state index contributed by atoms with van der Waals surface area (Å²) >= 11 is 0. The normalized spacial score (nSPS) is 11.3. The van der Waals surface area contributed by atoms with Crippen molar-refractivity contribution in [3.05, 3.63) is 0 Å². The predicted octanol–water partition coefficient (Wildman–Crippen LogP) is -3.80. The summed E-state index contributed by atoms with van der Waals surface area (Å²) in [5.74, 6) is -3.08. The minimum atomic E-state index is -1.58. The van der Waals surface area contributed by atoms with Crippen LogP contribution in [0.15, 0.2) is 0 Å². The monoisotopic (exact) mass is 238 g/mol. The van der Waals surface area contributed by atoms with Crippen molar-refractivity contribution in [1.82, 2.24) is 0 Å². The molecule has 1 radical (unpaired) electrons. The molecule has 0 aliphatic rings. The maximum absolute atomic E-state index is 9.71. The first-order valence-electron chi connectivity index (χ1n) is 2.20. The van der Waals surface area contributed by atoms with E-state index in [1.807, 2.05) is 0 Å². The average Bonchev–Trinajstić information content (AvgIpc) is 1.63. The van der Waals surface area contributed by atoms with Crippen LogP contribution in [0, 0.1) is 0 Å². The minimum absolute atomic E-state index is 0. The van der Waals surface area contributed by atoms with E-state index < -0.39 is 24.4 Å². The third kappa shape index (κ3) is 5.77. The van der Waals surface area contributed by atoms with Crippen LogP contribution >= 0.6 is 0 Å². The molecule has 61 valence electrons. The van der Waals surface area contributed by atoms with Gasteiger partial charge in [-0.15, -0.1) is 0 Å². The van der Waals surface area contributed by atoms with E-state index in [9.17, 15) is 19.8 Å². The zero-order valence-electron chi connectivity index (χ0n) is 4.80. The number of hydrogen-bond acceptors (Lipinski definition) is 5. The molecule has 0 aromatic rings. The SMILES string of the molecule is N[C@@H](CC(=O)[O-])C(=O)[O-].[Ag+2]. The van der Waals surface area contributed by atoms with Crippen molar-refractivity contribution in [2.75, 3.05) is 0 Å². The van der Waals surface area contributed by atoms with Gasteiger partial charge in [0.15, 0.2) is 0 Å². The second-order valence-corrected chi connectivity index (χ2v) is 1.50. The van der Waals surface area contributed by atoms with Crippen LogP contribution in [0.2, 0.25) is 0 Å². The fourth-order valence-corrected chi connectivity index (χ4v) is 0.263. The molecule has 0 rings (SSSR count). The first-order valence-corrected chi connectivity index (χ1v) is 2.20. The van der Waals surface area contributed by atoms with E-state index in [1.165, 1.54) is 0 Å². The van der Waals surface area contributed by atoms with Crippen LogP contribution in [0.4, 0.5) is 0 Å². The third-order valence-electron chi connectivity index (χ3n) is 0.689. The Hall–Kier alpha value is -0.360. The van der Waals surface area contributed by atoms with Gasteiger partial charge >= 0.3 is 22.4 Å². The van der Waals surface area contributed by atoms with Crippen molar-refractivity contribution in [2.24, 2.45) is 5.73 Å². The molecule has 0 spiro atoms. The quantitative estimate of drug-likeness (QED) is 0.508. The van der Waals surface area contributed by atoms with Crippen LogP contribution < -0.4 is 15.9 Å². The third-order valence-corrected chi connectivity index (χ3v) is 0.689. The van der Waals surface area contributed by atoms with Crippen LogP contribution in [0.1, 0.15) is 6.42 Å².